The van der Waals surface area contributed by atoms with Crippen molar-refractivity contribution in [1.29, 1.82) is 0 Å². The first kappa shape index (κ1) is 13.4. The Hall–Kier alpha value is -1.00. The molecule has 0 aromatic heterocycles. The average Bonchev–Trinajstić information content (AvgIpc) is 2.38. The lowest BCUT2D eigenvalue weighted by Crippen LogP contribution is -2.50. The molecule has 1 unspecified atom stereocenters. The van der Waals surface area contributed by atoms with E-state index >= 15 is 0 Å². The van der Waals surface area contributed by atoms with Gasteiger partial charge in [-0.25, -0.2) is 0 Å². The fourth-order valence-electron chi connectivity index (χ4n) is 2.37. The van der Waals surface area contributed by atoms with Crippen molar-refractivity contribution in [3.63, 3.8) is 0 Å². The third-order valence-corrected chi connectivity index (χ3v) is 4.66. The second-order valence-corrected chi connectivity index (χ2v) is 5.95. The number of aliphatic carboxylic acids is 1. The van der Waals surface area contributed by atoms with Crippen molar-refractivity contribution >= 4 is 17.7 Å². The first-order chi connectivity index (χ1) is 8.70. The molecule has 98 valence electrons. The van der Waals surface area contributed by atoms with E-state index in [2.05, 4.69) is 17.4 Å². The standard InChI is InChI=1S/C14H19NO2S/c16-13(17)9-14(7-4-8-18-11-14)15-10-12-5-2-1-3-6-12/h1-3,5-6,15H,4,7-11H2,(H,16,17). The maximum atomic E-state index is 11.0. The molecular weight excluding hydrogens is 246 g/mol. The van der Waals surface area contributed by atoms with Gasteiger partial charge in [0.1, 0.15) is 0 Å². The molecule has 2 N–H and O–H groups in total. The van der Waals surface area contributed by atoms with Crippen molar-refractivity contribution in [1.82, 2.24) is 5.32 Å². The molecule has 1 fully saturated rings. The lowest BCUT2D eigenvalue weighted by atomic mass is 9.91. The molecule has 3 nitrogen and oxygen atoms in total. The molecule has 1 aliphatic heterocycles. The zero-order valence-electron chi connectivity index (χ0n) is 10.4. The van der Waals surface area contributed by atoms with Gasteiger partial charge in [-0.2, -0.15) is 11.8 Å². The number of hydrogen-bond donors (Lipinski definition) is 2. The van der Waals surface area contributed by atoms with Gasteiger partial charge in [0.15, 0.2) is 0 Å². The maximum Gasteiger partial charge on any atom is 0.305 e. The highest BCUT2D eigenvalue weighted by Crippen LogP contribution is 2.30. The summed E-state index contributed by atoms with van der Waals surface area (Å²) in [5.74, 6) is 1.33. The van der Waals surface area contributed by atoms with Crippen molar-refractivity contribution in [3.05, 3.63) is 35.9 Å². The van der Waals surface area contributed by atoms with E-state index in [1.165, 1.54) is 5.56 Å². The highest BCUT2D eigenvalue weighted by molar-refractivity contribution is 7.99. The molecule has 1 aliphatic rings. The summed E-state index contributed by atoms with van der Waals surface area (Å²) in [7, 11) is 0. The number of thioether (sulfide) groups is 1. The minimum Gasteiger partial charge on any atom is -0.481 e. The quantitative estimate of drug-likeness (QED) is 0.859. The Morgan fingerprint density at radius 2 is 2.17 bits per heavy atom. The summed E-state index contributed by atoms with van der Waals surface area (Å²) in [6, 6.07) is 10.1. The van der Waals surface area contributed by atoms with Crippen molar-refractivity contribution in [2.75, 3.05) is 11.5 Å². The van der Waals surface area contributed by atoms with Crippen LogP contribution < -0.4 is 5.32 Å². The molecule has 18 heavy (non-hydrogen) atoms. The monoisotopic (exact) mass is 265 g/mol. The summed E-state index contributed by atoms with van der Waals surface area (Å²) in [6.45, 7) is 0.745. The SMILES string of the molecule is O=C(O)CC1(NCc2ccccc2)CCCSC1. The minimum atomic E-state index is -0.710. The summed E-state index contributed by atoms with van der Waals surface area (Å²) in [5.41, 5.74) is 0.975. The Labute approximate surface area is 112 Å². The van der Waals surface area contributed by atoms with Gasteiger partial charge in [-0.3, -0.25) is 4.79 Å². The van der Waals surface area contributed by atoms with E-state index in [1.54, 1.807) is 0 Å². The number of carboxylic acids is 1. The minimum absolute atomic E-state index is 0.215. The fraction of sp³-hybridized carbons (Fsp3) is 0.500. The molecule has 2 rings (SSSR count). The highest BCUT2D eigenvalue weighted by Gasteiger charge is 2.34. The molecule has 1 saturated heterocycles. The zero-order chi connectivity index (χ0) is 12.8. The number of carboxylic acid groups (broad SMARTS) is 1. The molecule has 4 heteroatoms. The van der Waals surface area contributed by atoms with Crippen LogP contribution in [0.25, 0.3) is 0 Å². The third kappa shape index (κ3) is 3.75. The van der Waals surface area contributed by atoms with Crippen molar-refractivity contribution in [2.45, 2.75) is 31.3 Å². The molecule has 0 bridgehead atoms. The summed E-state index contributed by atoms with van der Waals surface area (Å²) in [6.07, 6.45) is 2.27. The van der Waals surface area contributed by atoms with Crippen LogP contribution in [0.5, 0.6) is 0 Å². The molecule has 1 heterocycles. The fourth-order valence-corrected chi connectivity index (χ4v) is 3.60. The molecule has 1 aromatic rings. The first-order valence-corrected chi connectivity index (χ1v) is 7.44. The van der Waals surface area contributed by atoms with Gasteiger partial charge < -0.3 is 10.4 Å². The van der Waals surface area contributed by atoms with Crippen LogP contribution in [0, 0.1) is 0 Å². The van der Waals surface area contributed by atoms with Crippen LogP contribution in [0.3, 0.4) is 0 Å². The van der Waals surface area contributed by atoms with E-state index < -0.39 is 5.97 Å². The molecule has 0 radical (unpaired) electrons. The predicted octanol–water partition coefficient (Wildman–Crippen LogP) is 2.52. The Morgan fingerprint density at radius 1 is 1.39 bits per heavy atom. The lowest BCUT2D eigenvalue weighted by molar-refractivity contribution is -0.138. The van der Waals surface area contributed by atoms with E-state index in [4.69, 9.17) is 5.11 Å². The predicted molar refractivity (Wildman–Crippen MR) is 74.8 cm³/mol. The van der Waals surface area contributed by atoms with Crippen LogP contribution >= 0.6 is 11.8 Å². The second-order valence-electron chi connectivity index (χ2n) is 4.85. The lowest BCUT2D eigenvalue weighted by Gasteiger charge is -2.36. The highest BCUT2D eigenvalue weighted by atomic mass is 32.2. The van der Waals surface area contributed by atoms with Crippen LogP contribution in [0.1, 0.15) is 24.8 Å². The van der Waals surface area contributed by atoms with Crippen molar-refractivity contribution < 1.29 is 9.90 Å². The topological polar surface area (TPSA) is 49.3 Å². The number of carbonyl (C=O) groups is 1. The van der Waals surface area contributed by atoms with E-state index in [-0.39, 0.29) is 12.0 Å². The number of benzene rings is 1. The molecule has 0 saturated carbocycles. The van der Waals surface area contributed by atoms with Gasteiger partial charge in [-0.1, -0.05) is 30.3 Å². The van der Waals surface area contributed by atoms with Crippen molar-refractivity contribution in [2.24, 2.45) is 0 Å². The summed E-state index contributed by atoms with van der Waals surface area (Å²) in [4.78, 5) is 11.0. The Morgan fingerprint density at radius 3 is 2.78 bits per heavy atom. The molecular formula is C14H19NO2S. The van der Waals surface area contributed by atoms with Gasteiger partial charge in [-0.05, 0) is 24.2 Å². The summed E-state index contributed by atoms with van der Waals surface area (Å²) < 4.78 is 0. The Kier molecular flexibility index (Phi) is 4.66. The molecule has 1 atom stereocenters. The van der Waals surface area contributed by atoms with Gasteiger partial charge in [-0.15, -0.1) is 0 Å². The molecule has 0 spiro atoms. The Bertz CT molecular complexity index is 388. The largest absolute Gasteiger partial charge is 0.481 e. The average molecular weight is 265 g/mol. The number of nitrogens with one attached hydrogen (secondary N) is 1. The molecule has 0 aliphatic carbocycles. The van der Waals surface area contributed by atoms with Gasteiger partial charge in [0.2, 0.25) is 0 Å². The van der Waals surface area contributed by atoms with Crippen LogP contribution in [-0.4, -0.2) is 28.1 Å². The number of rotatable bonds is 5. The normalized spacial score (nSPS) is 23.8. The number of hydrogen-bond acceptors (Lipinski definition) is 3. The van der Waals surface area contributed by atoms with Gasteiger partial charge >= 0.3 is 5.97 Å². The van der Waals surface area contributed by atoms with Gasteiger partial charge in [0.05, 0.1) is 6.42 Å². The molecule has 0 amide bonds. The van der Waals surface area contributed by atoms with E-state index in [1.807, 2.05) is 30.0 Å². The zero-order valence-corrected chi connectivity index (χ0v) is 11.2. The summed E-state index contributed by atoms with van der Waals surface area (Å²) >= 11 is 1.85. The van der Waals surface area contributed by atoms with Crippen LogP contribution in [-0.2, 0) is 11.3 Å². The van der Waals surface area contributed by atoms with Crippen LogP contribution in [0.15, 0.2) is 30.3 Å². The van der Waals surface area contributed by atoms with Crippen LogP contribution in [0.2, 0.25) is 0 Å². The molecule has 1 aromatic carbocycles. The van der Waals surface area contributed by atoms with Crippen LogP contribution in [0.4, 0.5) is 0 Å². The van der Waals surface area contributed by atoms with E-state index in [0.717, 1.165) is 30.9 Å². The van der Waals surface area contributed by atoms with Crippen molar-refractivity contribution in [3.8, 4) is 0 Å². The summed E-state index contributed by atoms with van der Waals surface area (Å²) in [5, 5.41) is 12.6. The maximum absolute atomic E-state index is 11.0. The first-order valence-electron chi connectivity index (χ1n) is 6.29. The van der Waals surface area contributed by atoms with E-state index in [9.17, 15) is 4.79 Å². The van der Waals surface area contributed by atoms with Gasteiger partial charge in [0.25, 0.3) is 0 Å². The van der Waals surface area contributed by atoms with Gasteiger partial charge in [0, 0.05) is 17.8 Å². The third-order valence-electron chi connectivity index (χ3n) is 3.32. The van der Waals surface area contributed by atoms with E-state index in [0.29, 0.717) is 0 Å². The Balaban J connectivity index is 1.99. The second kappa shape index (κ2) is 6.25. The smallest absolute Gasteiger partial charge is 0.305 e.